The highest BCUT2D eigenvalue weighted by Crippen LogP contribution is 2.09. The van der Waals surface area contributed by atoms with Crippen molar-refractivity contribution in [3.05, 3.63) is 30.3 Å². The molecule has 1 N–H and O–H groups in total. The van der Waals surface area contributed by atoms with E-state index in [4.69, 9.17) is 9.47 Å². The maximum atomic E-state index is 5.89. The summed E-state index contributed by atoms with van der Waals surface area (Å²) < 4.78 is 11.5. The quantitative estimate of drug-likeness (QED) is 0.696. The molecule has 1 atom stereocenters. The third kappa shape index (κ3) is 7.19. The molecule has 3 heteroatoms. The molecule has 0 radical (unpaired) electrons. The zero-order valence-corrected chi connectivity index (χ0v) is 12.6. The van der Waals surface area contributed by atoms with E-state index < -0.39 is 0 Å². The van der Waals surface area contributed by atoms with Gasteiger partial charge in [0, 0.05) is 12.6 Å². The molecule has 19 heavy (non-hydrogen) atoms. The summed E-state index contributed by atoms with van der Waals surface area (Å²) >= 11 is 0. The van der Waals surface area contributed by atoms with E-state index in [0.717, 1.165) is 12.3 Å². The Hall–Kier alpha value is -1.06. The van der Waals surface area contributed by atoms with Gasteiger partial charge in [0.1, 0.15) is 12.4 Å². The summed E-state index contributed by atoms with van der Waals surface area (Å²) in [4.78, 5) is 0. The van der Waals surface area contributed by atoms with Gasteiger partial charge in [0.05, 0.1) is 12.7 Å². The maximum Gasteiger partial charge on any atom is 0.119 e. The van der Waals surface area contributed by atoms with Crippen LogP contribution in [0.2, 0.25) is 0 Å². The molecule has 3 nitrogen and oxygen atoms in total. The Morgan fingerprint density at radius 1 is 1.00 bits per heavy atom. The van der Waals surface area contributed by atoms with Crippen LogP contribution in [-0.2, 0) is 4.74 Å². The molecule has 108 valence electrons. The smallest absolute Gasteiger partial charge is 0.119 e. The van der Waals surface area contributed by atoms with Crippen LogP contribution in [0.4, 0.5) is 0 Å². The second-order valence-corrected chi connectivity index (χ2v) is 5.38. The Bertz CT molecular complexity index is 325. The highest BCUT2D eigenvalue weighted by atomic mass is 16.5. The molecule has 0 aliphatic carbocycles. The van der Waals surface area contributed by atoms with Gasteiger partial charge >= 0.3 is 0 Å². The monoisotopic (exact) mass is 265 g/mol. The normalized spacial score (nSPS) is 12.9. The number of rotatable bonds is 9. The SMILES string of the molecule is CC(C)NCC(OCCOc1ccccc1)C(C)C. The van der Waals surface area contributed by atoms with Crippen molar-refractivity contribution in [1.82, 2.24) is 5.32 Å². The van der Waals surface area contributed by atoms with Crippen molar-refractivity contribution < 1.29 is 9.47 Å². The number of nitrogens with one attached hydrogen (secondary N) is 1. The van der Waals surface area contributed by atoms with E-state index in [-0.39, 0.29) is 6.10 Å². The van der Waals surface area contributed by atoms with Gasteiger partial charge < -0.3 is 14.8 Å². The molecule has 0 aromatic heterocycles. The average Bonchev–Trinajstić information content (AvgIpc) is 2.38. The molecule has 0 aliphatic rings. The molecular formula is C16H27NO2. The number of ether oxygens (including phenoxy) is 2. The maximum absolute atomic E-state index is 5.89. The van der Waals surface area contributed by atoms with Gasteiger partial charge in [-0.15, -0.1) is 0 Å². The first-order chi connectivity index (χ1) is 9.09. The van der Waals surface area contributed by atoms with Crippen LogP contribution in [0.15, 0.2) is 30.3 Å². The Balaban J connectivity index is 2.21. The predicted molar refractivity (Wildman–Crippen MR) is 79.7 cm³/mol. The predicted octanol–water partition coefficient (Wildman–Crippen LogP) is 3.10. The zero-order valence-electron chi connectivity index (χ0n) is 12.6. The first kappa shape index (κ1) is 16.0. The van der Waals surface area contributed by atoms with Crippen LogP contribution in [0.5, 0.6) is 5.75 Å². The van der Waals surface area contributed by atoms with Gasteiger partial charge in [0.25, 0.3) is 0 Å². The Morgan fingerprint density at radius 2 is 1.68 bits per heavy atom. The van der Waals surface area contributed by atoms with Crippen molar-refractivity contribution in [2.75, 3.05) is 19.8 Å². The summed E-state index contributed by atoms with van der Waals surface area (Å²) in [5.74, 6) is 1.40. The lowest BCUT2D eigenvalue weighted by Crippen LogP contribution is -2.37. The van der Waals surface area contributed by atoms with E-state index in [9.17, 15) is 0 Å². The van der Waals surface area contributed by atoms with E-state index in [2.05, 4.69) is 33.0 Å². The van der Waals surface area contributed by atoms with Crippen molar-refractivity contribution in [3.63, 3.8) is 0 Å². The highest BCUT2D eigenvalue weighted by molar-refractivity contribution is 5.20. The summed E-state index contributed by atoms with van der Waals surface area (Å²) in [5.41, 5.74) is 0. The molecule has 0 amide bonds. The Morgan fingerprint density at radius 3 is 2.26 bits per heavy atom. The standard InChI is InChI=1S/C16H27NO2/c1-13(2)16(12-17-14(3)4)19-11-10-18-15-8-6-5-7-9-15/h5-9,13-14,16-17H,10-12H2,1-4H3. The summed E-state index contributed by atoms with van der Waals surface area (Å²) in [6.07, 6.45) is 0.238. The Kier molecular flexibility index (Phi) is 7.53. The zero-order chi connectivity index (χ0) is 14.1. The minimum atomic E-state index is 0.238. The number of para-hydroxylation sites is 1. The molecular weight excluding hydrogens is 238 g/mol. The molecule has 1 aromatic rings. The fourth-order valence-electron chi connectivity index (χ4n) is 1.71. The average molecular weight is 265 g/mol. The third-order valence-corrected chi connectivity index (χ3v) is 2.90. The number of benzene rings is 1. The van der Waals surface area contributed by atoms with Crippen molar-refractivity contribution in [1.29, 1.82) is 0 Å². The Labute approximate surface area is 117 Å². The van der Waals surface area contributed by atoms with Crippen LogP contribution >= 0.6 is 0 Å². The largest absolute Gasteiger partial charge is 0.491 e. The topological polar surface area (TPSA) is 30.5 Å². The van der Waals surface area contributed by atoms with Crippen molar-refractivity contribution >= 4 is 0 Å². The second-order valence-electron chi connectivity index (χ2n) is 5.38. The van der Waals surface area contributed by atoms with Crippen LogP contribution in [0.1, 0.15) is 27.7 Å². The molecule has 1 aromatic carbocycles. The number of hydrogen-bond acceptors (Lipinski definition) is 3. The fraction of sp³-hybridized carbons (Fsp3) is 0.625. The minimum absolute atomic E-state index is 0.238. The van der Waals surface area contributed by atoms with E-state index in [1.807, 2.05) is 30.3 Å². The molecule has 1 rings (SSSR count). The van der Waals surface area contributed by atoms with Gasteiger partial charge in [-0.2, -0.15) is 0 Å². The van der Waals surface area contributed by atoms with Gasteiger partial charge in [0.15, 0.2) is 0 Å². The first-order valence-corrected chi connectivity index (χ1v) is 7.12. The van der Waals surface area contributed by atoms with E-state index in [1.165, 1.54) is 0 Å². The number of hydrogen-bond donors (Lipinski definition) is 1. The molecule has 0 fully saturated rings. The van der Waals surface area contributed by atoms with E-state index >= 15 is 0 Å². The van der Waals surface area contributed by atoms with Gasteiger partial charge in [-0.3, -0.25) is 0 Å². The molecule has 0 heterocycles. The fourth-order valence-corrected chi connectivity index (χ4v) is 1.71. The lowest BCUT2D eigenvalue weighted by Gasteiger charge is -2.23. The lowest BCUT2D eigenvalue weighted by atomic mass is 10.1. The van der Waals surface area contributed by atoms with Crippen molar-refractivity contribution in [2.24, 2.45) is 5.92 Å². The van der Waals surface area contributed by atoms with Crippen molar-refractivity contribution in [2.45, 2.75) is 39.8 Å². The van der Waals surface area contributed by atoms with Crippen LogP contribution < -0.4 is 10.1 Å². The molecule has 0 aliphatic heterocycles. The summed E-state index contributed by atoms with van der Waals surface area (Å²) in [7, 11) is 0. The van der Waals surface area contributed by atoms with Gasteiger partial charge in [-0.05, 0) is 18.1 Å². The highest BCUT2D eigenvalue weighted by Gasteiger charge is 2.13. The summed E-state index contributed by atoms with van der Waals surface area (Å²) in [6.45, 7) is 10.8. The third-order valence-electron chi connectivity index (χ3n) is 2.90. The second kappa shape index (κ2) is 8.94. The molecule has 0 saturated heterocycles. The van der Waals surface area contributed by atoms with Crippen LogP contribution in [-0.4, -0.2) is 31.9 Å². The minimum Gasteiger partial charge on any atom is -0.491 e. The van der Waals surface area contributed by atoms with Crippen molar-refractivity contribution in [3.8, 4) is 5.75 Å². The van der Waals surface area contributed by atoms with Crippen LogP contribution in [0.3, 0.4) is 0 Å². The van der Waals surface area contributed by atoms with Gasteiger partial charge in [-0.1, -0.05) is 45.9 Å². The summed E-state index contributed by atoms with van der Waals surface area (Å²) in [5, 5.41) is 3.42. The van der Waals surface area contributed by atoms with Gasteiger partial charge in [-0.25, -0.2) is 0 Å². The molecule has 1 unspecified atom stereocenters. The van der Waals surface area contributed by atoms with Crippen LogP contribution in [0, 0.1) is 5.92 Å². The summed E-state index contributed by atoms with van der Waals surface area (Å²) in [6, 6.07) is 10.3. The van der Waals surface area contributed by atoms with Crippen LogP contribution in [0.25, 0.3) is 0 Å². The molecule has 0 spiro atoms. The first-order valence-electron chi connectivity index (χ1n) is 7.12. The molecule has 0 saturated carbocycles. The van der Waals surface area contributed by atoms with E-state index in [1.54, 1.807) is 0 Å². The van der Waals surface area contributed by atoms with E-state index in [0.29, 0.717) is 25.2 Å². The lowest BCUT2D eigenvalue weighted by molar-refractivity contribution is 0.00699. The van der Waals surface area contributed by atoms with Gasteiger partial charge in [0.2, 0.25) is 0 Å². The molecule has 0 bridgehead atoms.